The standard InChI is InChI=1S/C14H27N/c1-2-12-8-9-14(11-15-10-12)13-6-4-3-5-7-13/h12-15H,2-11H2,1H3. The number of rotatable bonds is 2. The van der Waals surface area contributed by atoms with Crippen molar-refractivity contribution in [3.05, 3.63) is 0 Å². The molecule has 0 spiro atoms. The van der Waals surface area contributed by atoms with E-state index in [1.807, 2.05) is 0 Å². The number of hydrogen-bond donors (Lipinski definition) is 1. The highest BCUT2D eigenvalue weighted by atomic mass is 14.9. The van der Waals surface area contributed by atoms with E-state index in [1.54, 1.807) is 0 Å². The summed E-state index contributed by atoms with van der Waals surface area (Å²) in [5, 5.41) is 3.70. The first kappa shape index (κ1) is 11.4. The first-order chi connectivity index (χ1) is 7.40. The van der Waals surface area contributed by atoms with Gasteiger partial charge in [0.15, 0.2) is 0 Å². The zero-order chi connectivity index (χ0) is 10.5. The zero-order valence-corrected chi connectivity index (χ0v) is 10.3. The molecule has 1 heteroatoms. The summed E-state index contributed by atoms with van der Waals surface area (Å²) in [4.78, 5) is 0. The smallest absolute Gasteiger partial charge is 0.00177 e. The van der Waals surface area contributed by atoms with Gasteiger partial charge < -0.3 is 5.32 Å². The SMILES string of the molecule is CCC1CCC(C2CCCCC2)CNC1. The molecule has 1 saturated carbocycles. The van der Waals surface area contributed by atoms with Crippen LogP contribution in [0.1, 0.15) is 58.3 Å². The van der Waals surface area contributed by atoms with Crippen LogP contribution in [0, 0.1) is 17.8 Å². The van der Waals surface area contributed by atoms with Gasteiger partial charge in [0.2, 0.25) is 0 Å². The van der Waals surface area contributed by atoms with Crippen LogP contribution in [0.3, 0.4) is 0 Å². The Labute approximate surface area is 95.0 Å². The fourth-order valence-electron chi connectivity index (χ4n) is 3.48. The lowest BCUT2D eigenvalue weighted by Gasteiger charge is -2.29. The second kappa shape index (κ2) is 5.89. The maximum absolute atomic E-state index is 3.70. The predicted molar refractivity (Wildman–Crippen MR) is 65.9 cm³/mol. The Morgan fingerprint density at radius 2 is 1.67 bits per heavy atom. The summed E-state index contributed by atoms with van der Waals surface area (Å²) in [6, 6.07) is 0. The third-order valence-electron chi connectivity index (χ3n) is 4.68. The highest BCUT2D eigenvalue weighted by Gasteiger charge is 2.25. The molecule has 0 aromatic rings. The van der Waals surface area contributed by atoms with Crippen molar-refractivity contribution in [3.8, 4) is 0 Å². The molecule has 0 aromatic carbocycles. The first-order valence-corrected chi connectivity index (χ1v) is 7.11. The van der Waals surface area contributed by atoms with E-state index < -0.39 is 0 Å². The van der Waals surface area contributed by atoms with E-state index in [4.69, 9.17) is 0 Å². The third kappa shape index (κ3) is 3.21. The van der Waals surface area contributed by atoms with Gasteiger partial charge in [-0.3, -0.25) is 0 Å². The van der Waals surface area contributed by atoms with Crippen LogP contribution in [0.15, 0.2) is 0 Å². The van der Waals surface area contributed by atoms with Crippen molar-refractivity contribution in [1.29, 1.82) is 0 Å². The van der Waals surface area contributed by atoms with E-state index >= 15 is 0 Å². The van der Waals surface area contributed by atoms with Gasteiger partial charge in [0.1, 0.15) is 0 Å². The van der Waals surface area contributed by atoms with Crippen LogP contribution in [-0.2, 0) is 0 Å². The van der Waals surface area contributed by atoms with Crippen molar-refractivity contribution in [2.45, 2.75) is 58.3 Å². The van der Waals surface area contributed by atoms with Gasteiger partial charge in [-0.25, -0.2) is 0 Å². The molecule has 2 fully saturated rings. The molecule has 2 atom stereocenters. The van der Waals surface area contributed by atoms with Crippen molar-refractivity contribution in [2.24, 2.45) is 17.8 Å². The molecule has 0 radical (unpaired) electrons. The third-order valence-corrected chi connectivity index (χ3v) is 4.68. The second-order valence-electron chi connectivity index (χ2n) is 5.67. The van der Waals surface area contributed by atoms with Crippen LogP contribution in [-0.4, -0.2) is 13.1 Å². The largest absolute Gasteiger partial charge is 0.316 e. The Balaban J connectivity index is 1.81. The summed E-state index contributed by atoms with van der Waals surface area (Å²) >= 11 is 0. The van der Waals surface area contributed by atoms with Crippen molar-refractivity contribution >= 4 is 0 Å². The Morgan fingerprint density at radius 1 is 0.867 bits per heavy atom. The van der Waals surface area contributed by atoms with Crippen LogP contribution in [0.5, 0.6) is 0 Å². The molecule has 2 unspecified atom stereocenters. The van der Waals surface area contributed by atoms with E-state index in [2.05, 4.69) is 12.2 Å². The van der Waals surface area contributed by atoms with Gasteiger partial charge in [0.25, 0.3) is 0 Å². The molecule has 2 aliphatic rings. The van der Waals surface area contributed by atoms with Crippen molar-refractivity contribution in [3.63, 3.8) is 0 Å². The zero-order valence-electron chi connectivity index (χ0n) is 10.3. The summed E-state index contributed by atoms with van der Waals surface area (Å²) in [6.07, 6.45) is 11.9. The first-order valence-electron chi connectivity index (χ1n) is 7.11. The van der Waals surface area contributed by atoms with Crippen molar-refractivity contribution < 1.29 is 0 Å². The van der Waals surface area contributed by atoms with Crippen LogP contribution >= 0.6 is 0 Å². The van der Waals surface area contributed by atoms with Crippen molar-refractivity contribution in [1.82, 2.24) is 5.32 Å². The second-order valence-corrected chi connectivity index (χ2v) is 5.67. The molecular weight excluding hydrogens is 182 g/mol. The minimum absolute atomic E-state index is 0.957. The molecule has 1 aliphatic carbocycles. The predicted octanol–water partition coefficient (Wildman–Crippen LogP) is 3.59. The highest BCUT2D eigenvalue weighted by molar-refractivity contribution is 4.79. The molecule has 0 bridgehead atoms. The molecule has 2 rings (SSSR count). The Morgan fingerprint density at radius 3 is 2.40 bits per heavy atom. The quantitative estimate of drug-likeness (QED) is 0.733. The monoisotopic (exact) mass is 209 g/mol. The maximum Gasteiger partial charge on any atom is -0.00177 e. The van der Waals surface area contributed by atoms with Gasteiger partial charge in [-0.2, -0.15) is 0 Å². The minimum Gasteiger partial charge on any atom is -0.316 e. The summed E-state index contributed by atoms with van der Waals surface area (Å²) in [5.74, 6) is 3.02. The lowest BCUT2D eigenvalue weighted by atomic mass is 9.77. The van der Waals surface area contributed by atoms with E-state index in [0.29, 0.717) is 0 Å². The fraction of sp³-hybridized carbons (Fsp3) is 1.00. The van der Waals surface area contributed by atoms with Crippen molar-refractivity contribution in [2.75, 3.05) is 13.1 Å². The fourth-order valence-corrected chi connectivity index (χ4v) is 3.48. The van der Waals surface area contributed by atoms with E-state index in [1.165, 1.54) is 64.5 Å². The van der Waals surface area contributed by atoms with Crippen LogP contribution < -0.4 is 5.32 Å². The van der Waals surface area contributed by atoms with Gasteiger partial charge in [0.05, 0.1) is 0 Å². The minimum atomic E-state index is 0.957. The summed E-state index contributed by atoms with van der Waals surface area (Å²) in [5.41, 5.74) is 0. The number of nitrogens with one attached hydrogen (secondary N) is 1. The summed E-state index contributed by atoms with van der Waals surface area (Å²) in [7, 11) is 0. The van der Waals surface area contributed by atoms with E-state index in [9.17, 15) is 0 Å². The molecule has 1 aliphatic heterocycles. The average molecular weight is 209 g/mol. The van der Waals surface area contributed by atoms with Gasteiger partial charge in [-0.05, 0) is 43.7 Å². The molecule has 1 heterocycles. The summed E-state index contributed by atoms with van der Waals surface area (Å²) in [6.45, 7) is 4.92. The molecule has 15 heavy (non-hydrogen) atoms. The Hall–Kier alpha value is -0.0400. The van der Waals surface area contributed by atoms with Crippen LogP contribution in [0.4, 0.5) is 0 Å². The topological polar surface area (TPSA) is 12.0 Å². The van der Waals surface area contributed by atoms with E-state index in [-0.39, 0.29) is 0 Å². The van der Waals surface area contributed by atoms with Gasteiger partial charge in [-0.15, -0.1) is 0 Å². The van der Waals surface area contributed by atoms with E-state index in [0.717, 1.165) is 17.8 Å². The summed E-state index contributed by atoms with van der Waals surface area (Å²) < 4.78 is 0. The molecule has 88 valence electrons. The normalized spacial score (nSPS) is 35.0. The highest BCUT2D eigenvalue weighted by Crippen LogP contribution is 2.34. The lowest BCUT2D eigenvalue weighted by Crippen LogP contribution is -2.28. The van der Waals surface area contributed by atoms with Gasteiger partial charge in [-0.1, -0.05) is 45.4 Å². The Kier molecular flexibility index (Phi) is 4.49. The maximum atomic E-state index is 3.70. The molecular formula is C14H27N. The molecule has 0 amide bonds. The number of hydrogen-bond acceptors (Lipinski definition) is 1. The van der Waals surface area contributed by atoms with Crippen LogP contribution in [0.2, 0.25) is 0 Å². The van der Waals surface area contributed by atoms with Gasteiger partial charge >= 0.3 is 0 Å². The molecule has 1 N–H and O–H groups in total. The average Bonchev–Trinajstić information content (AvgIpc) is 2.55. The van der Waals surface area contributed by atoms with Crippen LogP contribution in [0.25, 0.3) is 0 Å². The lowest BCUT2D eigenvalue weighted by molar-refractivity contribution is 0.235. The molecule has 1 saturated heterocycles. The van der Waals surface area contributed by atoms with Gasteiger partial charge in [0, 0.05) is 0 Å². The molecule has 0 aromatic heterocycles. The Bertz CT molecular complexity index is 172. The molecule has 1 nitrogen and oxygen atoms in total.